The second-order valence-electron chi connectivity index (χ2n) is 6.50. The van der Waals surface area contributed by atoms with Crippen molar-refractivity contribution in [3.63, 3.8) is 0 Å². The van der Waals surface area contributed by atoms with Crippen LogP contribution in [0.3, 0.4) is 0 Å². The number of anilines is 1. The smallest absolute Gasteiger partial charge is 0.185 e. The highest BCUT2D eigenvalue weighted by Crippen LogP contribution is 2.26. The Morgan fingerprint density at radius 2 is 2.00 bits per heavy atom. The second-order valence-corrected chi connectivity index (χ2v) is 7.56. The summed E-state index contributed by atoms with van der Waals surface area (Å²) in [4.78, 5) is 8.34. The van der Waals surface area contributed by atoms with E-state index in [0.717, 1.165) is 23.9 Å². The molecule has 19 heavy (non-hydrogen) atoms. The molecule has 0 fully saturated rings. The minimum absolute atomic E-state index is 0.152. The van der Waals surface area contributed by atoms with Crippen molar-refractivity contribution in [1.82, 2.24) is 10.3 Å². The van der Waals surface area contributed by atoms with Crippen molar-refractivity contribution < 1.29 is 0 Å². The molecule has 0 amide bonds. The van der Waals surface area contributed by atoms with Crippen LogP contribution in [-0.4, -0.2) is 24.1 Å². The third kappa shape index (κ3) is 5.49. The molecule has 1 unspecified atom stereocenters. The number of nitrogens with one attached hydrogen (secondary N) is 1. The molecule has 1 aromatic heterocycles. The molecule has 3 nitrogen and oxygen atoms in total. The first-order valence-electron chi connectivity index (χ1n) is 7.15. The van der Waals surface area contributed by atoms with Gasteiger partial charge < -0.3 is 10.2 Å². The monoisotopic (exact) mass is 283 g/mol. The first-order valence-corrected chi connectivity index (χ1v) is 7.97. The fraction of sp³-hybridized carbons (Fsp3) is 0.800. The van der Waals surface area contributed by atoms with Crippen molar-refractivity contribution in [2.24, 2.45) is 5.92 Å². The van der Waals surface area contributed by atoms with Gasteiger partial charge in [0.25, 0.3) is 0 Å². The van der Waals surface area contributed by atoms with Gasteiger partial charge in [-0.25, -0.2) is 4.98 Å². The van der Waals surface area contributed by atoms with Crippen LogP contribution in [-0.2, 0) is 6.54 Å². The van der Waals surface area contributed by atoms with Crippen LogP contribution >= 0.6 is 11.3 Å². The summed E-state index contributed by atoms with van der Waals surface area (Å²) < 4.78 is 0. The van der Waals surface area contributed by atoms with E-state index in [2.05, 4.69) is 58.8 Å². The lowest BCUT2D eigenvalue weighted by Crippen LogP contribution is -2.34. The summed E-state index contributed by atoms with van der Waals surface area (Å²) in [7, 11) is 2.14. The maximum absolute atomic E-state index is 4.70. The van der Waals surface area contributed by atoms with Gasteiger partial charge in [0.05, 0.1) is 5.69 Å². The molecule has 0 aliphatic rings. The van der Waals surface area contributed by atoms with E-state index in [0.29, 0.717) is 5.92 Å². The Morgan fingerprint density at radius 1 is 1.37 bits per heavy atom. The molecule has 0 bridgehead atoms. The van der Waals surface area contributed by atoms with Gasteiger partial charge in [0.2, 0.25) is 0 Å². The molecular weight excluding hydrogens is 254 g/mol. The number of thiazole rings is 1. The van der Waals surface area contributed by atoms with Gasteiger partial charge in [-0.05, 0) is 33.6 Å². The molecule has 4 heteroatoms. The zero-order chi connectivity index (χ0) is 14.6. The normalized spacial score (nSPS) is 13.6. The lowest BCUT2D eigenvalue weighted by atomic mass is 10.1. The third-order valence-corrected chi connectivity index (χ3v) is 4.54. The molecular formula is C15H29N3S. The number of hydrogen-bond donors (Lipinski definition) is 1. The standard InChI is InChI=1S/C15H29N3S/c1-8-11(2)10-18(7)14-17-12(3)13(19-14)9-16-15(4,5)6/h11,16H,8-10H2,1-7H3. The molecule has 0 aliphatic carbocycles. The first kappa shape index (κ1) is 16.4. The number of nitrogens with zero attached hydrogens (tertiary/aromatic N) is 2. The molecule has 0 aromatic carbocycles. The lowest BCUT2D eigenvalue weighted by molar-refractivity contribution is 0.425. The van der Waals surface area contributed by atoms with E-state index >= 15 is 0 Å². The van der Waals surface area contributed by atoms with Crippen molar-refractivity contribution in [3.05, 3.63) is 10.6 Å². The average molecular weight is 283 g/mol. The van der Waals surface area contributed by atoms with Gasteiger partial charge in [0, 0.05) is 30.6 Å². The van der Waals surface area contributed by atoms with Crippen molar-refractivity contribution in [1.29, 1.82) is 0 Å². The predicted molar refractivity (Wildman–Crippen MR) is 86.2 cm³/mol. The van der Waals surface area contributed by atoms with Gasteiger partial charge in [-0.15, -0.1) is 11.3 Å². The maximum atomic E-state index is 4.70. The summed E-state index contributed by atoms with van der Waals surface area (Å²) in [5, 5.41) is 4.68. The summed E-state index contributed by atoms with van der Waals surface area (Å²) in [6.45, 7) is 15.2. The summed E-state index contributed by atoms with van der Waals surface area (Å²) in [5.41, 5.74) is 1.31. The molecule has 1 heterocycles. The molecule has 0 radical (unpaired) electrons. The number of aromatic nitrogens is 1. The van der Waals surface area contributed by atoms with E-state index in [1.807, 2.05) is 11.3 Å². The second kappa shape index (κ2) is 6.71. The van der Waals surface area contributed by atoms with Crippen LogP contribution in [0.25, 0.3) is 0 Å². The summed E-state index contributed by atoms with van der Waals surface area (Å²) in [6, 6.07) is 0. The number of aryl methyl sites for hydroxylation is 1. The molecule has 1 N–H and O–H groups in total. The predicted octanol–water partition coefficient (Wildman–Crippen LogP) is 3.82. The van der Waals surface area contributed by atoms with E-state index in [4.69, 9.17) is 4.98 Å². The molecule has 0 aliphatic heterocycles. The van der Waals surface area contributed by atoms with Gasteiger partial charge in [-0.3, -0.25) is 0 Å². The van der Waals surface area contributed by atoms with E-state index in [1.165, 1.54) is 11.3 Å². The fourth-order valence-corrected chi connectivity index (χ4v) is 2.73. The van der Waals surface area contributed by atoms with Gasteiger partial charge >= 0.3 is 0 Å². The summed E-state index contributed by atoms with van der Waals surface area (Å²) in [6.07, 6.45) is 1.22. The molecule has 110 valence electrons. The Bertz CT molecular complexity index is 393. The van der Waals surface area contributed by atoms with Crippen molar-refractivity contribution in [3.8, 4) is 0 Å². The van der Waals surface area contributed by atoms with E-state index in [1.54, 1.807) is 0 Å². The van der Waals surface area contributed by atoms with Gasteiger partial charge in [0.15, 0.2) is 5.13 Å². The number of hydrogen-bond acceptors (Lipinski definition) is 4. The van der Waals surface area contributed by atoms with Crippen LogP contribution in [0.4, 0.5) is 5.13 Å². The Labute approximate surface area is 122 Å². The van der Waals surface area contributed by atoms with Gasteiger partial charge in [0.1, 0.15) is 0 Å². The maximum Gasteiger partial charge on any atom is 0.185 e. The van der Waals surface area contributed by atoms with Crippen molar-refractivity contribution in [2.45, 2.75) is 60.0 Å². The topological polar surface area (TPSA) is 28.2 Å². The third-order valence-electron chi connectivity index (χ3n) is 3.27. The SMILES string of the molecule is CCC(C)CN(C)c1nc(C)c(CNC(C)(C)C)s1. The summed E-state index contributed by atoms with van der Waals surface area (Å²) in [5.74, 6) is 0.713. The quantitative estimate of drug-likeness (QED) is 0.860. The molecule has 1 aromatic rings. The van der Waals surface area contributed by atoms with Crippen LogP contribution in [0.1, 0.15) is 51.6 Å². The van der Waals surface area contributed by atoms with E-state index < -0.39 is 0 Å². The Morgan fingerprint density at radius 3 is 2.53 bits per heavy atom. The molecule has 1 atom stereocenters. The average Bonchev–Trinajstić information content (AvgIpc) is 2.67. The van der Waals surface area contributed by atoms with Crippen LogP contribution < -0.4 is 10.2 Å². The van der Waals surface area contributed by atoms with Crippen LogP contribution in [0, 0.1) is 12.8 Å². The largest absolute Gasteiger partial charge is 0.351 e. The first-order chi connectivity index (χ1) is 8.73. The number of rotatable bonds is 6. The lowest BCUT2D eigenvalue weighted by Gasteiger charge is -2.20. The van der Waals surface area contributed by atoms with Crippen LogP contribution in [0.15, 0.2) is 0 Å². The van der Waals surface area contributed by atoms with Crippen molar-refractivity contribution in [2.75, 3.05) is 18.5 Å². The molecule has 0 saturated heterocycles. The zero-order valence-electron chi connectivity index (χ0n) is 13.5. The molecule has 0 saturated carbocycles. The Kier molecular flexibility index (Phi) is 5.81. The van der Waals surface area contributed by atoms with Crippen LogP contribution in [0.2, 0.25) is 0 Å². The van der Waals surface area contributed by atoms with E-state index in [9.17, 15) is 0 Å². The minimum Gasteiger partial charge on any atom is -0.351 e. The summed E-state index contributed by atoms with van der Waals surface area (Å²) >= 11 is 1.81. The zero-order valence-corrected chi connectivity index (χ0v) is 14.3. The van der Waals surface area contributed by atoms with Gasteiger partial charge in [-0.1, -0.05) is 20.3 Å². The highest BCUT2D eigenvalue weighted by atomic mass is 32.1. The van der Waals surface area contributed by atoms with Gasteiger partial charge in [-0.2, -0.15) is 0 Å². The highest BCUT2D eigenvalue weighted by Gasteiger charge is 2.15. The fourth-order valence-electron chi connectivity index (χ4n) is 1.76. The minimum atomic E-state index is 0.152. The van der Waals surface area contributed by atoms with Crippen molar-refractivity contribution >= 4 is 16.5 Å². The molecule has 0 spiro atoms. The van der Waals surface area contributed by atoms with E-state index in [-0.39, 0.29) is 5.54 Å². The van der Waals surface area contributed by atoms with Crippen LogP contribution in [0.5, 0.6) is 0 Å². The Balaban J connectivity index is 2.67. The molecule has 1 rings (SSSR count). The Hall–Kier alpha value is -0.610. The highest BCUT2D eigenvalue weighted by molar-refractivity contribution is 7.15.